The van der Waals surface area contributed by atoms with Crippen molar-refractivity contribution in [2.24, 2.45) is 9.98 Å². The van der Waals surface area contributed by atoms with Gasteiger partial charge in [0.15, 0.2) is 18.1 Å². The van der Waals surface area contributed by atoms with Crippen LogP contribution in [0.15, 0.2) is 9.98 Å². The molecule has 0 aromatic heterocycles. The lowest BCUT2D eigenvalue weighted by atomic mass is 10.1. The summed E-state index contributed by atoms with van der Waals surface area (Å²) in [5.74, 6) is -0.843. The molecular weight excluding hydrogens is 365 g/mol. The predicted molar refractivity (Wildman–Crippen MR) is 82.8 cm³/mol. The molecule has 5 atom stereocenters. The molecule has 3 heterocycles. The van der Waals surface area contributed by atoms with Crippen molar-refractivity contribution in [3.63, 3.8) is 0 Å². The van der Waals surface area contributed by atoms with E-state index in [-0.39, 0.29) is 11.8 Å². The van der Waals surface area contributed by atoms with Gasteiger partial charge in [0.2, 0.25) is 5.96 Å². The lowest BCUT2D eigenvalue weighted by Gasteiger charge is -2.28. The van der Waals surface area contributed by atoms with Crippen LogP contribution in [0.25, 0.3) is 0 Å². The third-order valence-corrected chi connectivity index (χ3v) is 4.39. The zero-order valence-corrected chi connectivity index (χ0v) is 13.6. The number of carbonyl (C=O) groups excluding carboxylic acids is 1. The number of carbonyl (C=O) groups is 1. The van der Waals surface area contributed by atoms with Crippen molar-refractivity contribution in [1.82, 2.24) is 10.2 Å². The number of hydrogen-bond donors (Lipinski definition) is 6. The van der Waals surface area contributed by atoms with Crippen molar-refractivity contribution in [2.75, 3.05) is 6.61 Å². The Morgan fingerprint density at radius 3 is 2.83 bits per heavy atom. The Bertz CT molecular complexity index is 681. The summed E-state index contributed by atoms with van der Waals surface area (Å²) in [6.07, 6.45) is -3.83. The monoisotopic (exact) mass is 379 g/mol. The van der Waals surface area contributed by atoms with Gasteiger partial charge in [0.1, 0.15) is 18.3 Å². The third kappa shape index (κ3) is 3.25. The highest BCUT2D eigenvalue weighted by atomic mass is 32.5. The first kappa shape index (κ1) is 17.5. The minimum Gasteiger partial charge on any atom is -0.387 e. The minimum atomic E-state index is -3.93. The van der Waals surface area contributed by atoms with Crippen LogP contribution >= 0.6 is 6.72 Å². The van der Waals surface area contributed by atoms with Crippen LogP contribution in [0.3, 0.4) is 0 Å². The Morgan fingerprint density at radius 2 is 2.17 bits per heavy atom. The molecule has 24 heavy (non-hydrogen) atoms. The number of aliphatic hydroxyl groups is 2. The fraction of sp³-hybridized carbons (Fsp3) is 0.600. The van der Waals surface area contributed by atoms with E-state index in [2.05, 4.69) is 31.6 Å². The van der Waals surface area contributed by atoms with Gasteiger partial charge in [-0.3, -0.25) is 25.4 Å². The molecular formula is C10H14N5O7PS. The van der Waals surface area contributed by atoms with Gasteiger partial charge < -0.3 is 29.3 Å². The van der Waals surface area contributed by atoms with Crippen molar-refractivity contribution < 1.29 is 34.1 Å². The van der Waals surface area contributed by atoms with Gasteiger partial charge in [-0.05, 0) is 11.8 Å². The fourth-order valence-corrected chi connectivity index (χ4v) is 3.02. The molecule has 0 spiro atoms. The number of aliphatic hydroxyl groups excluding tert-OH is 2. The molecule has 1 fully saturated rings. The highest BCUT2D eigenvalue weighted by Crippen LogP contribution is 2.38. The highest BCUT2D eigenvalue weighted by molar-refractivity contribution is 8.06. The highest BCUT2D eigenvalue weighted by Gasteiger charge is 2.50. The van der Waals surface area contributed by atoms with Gasteiger partial charge in [-0.15, -0.1) is 0 Å². The Hall–Kier alpha value is -1.31. The summed E-state index contributed by atoms with van der Waals surface area (Å²) in [5.41, 5.74) is 0. The van der Waals surface area contributed by atoms with Crippen molar-refractivity contribution in [3.05, 3.63) is 0 Å². The predicted octanol–water partition coefficient (Wildman–Crippen LogP) is -3.17. The fourth-order valence-electron chi connectivity index (χ4n) is 2.50. The summed E-state index contributed by atoms with van der Waals surface area (Å²) in [6, 6.07) is -0.969. The van der Waals surface area contributed by atoms with Crippen LogP contribution in [-0.2, 0) is 25.9 Å². The van der Waals surface area contributed by atoms with E-state index >= 15 is 0 Å². The number of guanidine groups is 1. The van der Waals surface area contributed by atoms with Crippen molar-refractivity contribution in [3.8, 4) is 0 Å². The maximum Gasteiger partial charge on any atom is 0.321 e. The second-order valence-electron chi connectivity index (χ2n) is 5.21. The van der Waals surface area contributed by atoms with E-state index in [9.17, 15) is 15.0 Å². The summed E-state index contributed by atoms with van der Waals surface area (Å²) < 4.78 is 10.1. The maximum absolute atomic E-state index is 11.8. The number of nitrogens with zero attached hydrogens (tertiary/aromatic N) is 3. The zero-order valence-electron chi connectivity index (χ0n) is 11.9. The molecule has 3 rings (SSSR count). The molecule has 6 N–H and O–H groups in total. The number of nitrogens with one attached hydrogen (secondary N) is 2. The van der Waals surface area contributed by atoms with Crippen LogP contribution in [0, 0.1) is 5.41 Å². The molecule has 0 aliphatic carbocycles. The van der Waals surface area contributed by atoms with E-state index < -0.39 is 49.8 Å². The van der Waals surface area contributed by atoms with Crippen LogP contribution in [0.1, 0.15) is 0 Å². The van der Waals surface area contributed by atoms with Gasteiger partial charge in [-0.1, -0.05) is 0 Å². The molecule has 1 saturated heterocycles. The average molecular weight is 379 g/mol. The molecule has 3 aliphatic rings. The first-order chi connectivity index (χ1) is 11.2. The normalized spacial score (nSPS) is 35.9. The van der Waals surface area contributed by atoms with Gasteiger partial charge >= 0.3 is 6.72 Å². The number of rotatable bonds is 4. The summed E-state index contributed by atoms with van der Waals surface area (Å²) in [4.78, 5) is 38.9. The number of ether oxygens (including phenoxy) is 1. The van der Waals surface area contributed by atoms with E-state index in [0.717, 1.165) is 0 Å². The molecule has 14 heteroatoms. The number of fused-ring (bicyclic) bond motifs is 1. The number of amides is 1. The van der Waals surface area contributed by atoms with Crippen LogP contribution in [0.5, 0.6) is 0 Å². The molecule has 0 bridgehead atoms. The van der Waals surface area contributed by atoms with Gasteiger partial charge in [-0.2, -0.15) is 4.99 Å². The number of amidine groups is 1. The largest absolute Gasteiger partial charge is 0.387 e. The Balaban J connectivity index is 1.76. The smallest absolute Gasteiger partial charge is 0.321 e. The van der Waals surface area contributed by atoms with Gasteiger partial charge in [0, 0.05) is 0 Å². The minimum absolute atomic E-state index is 0.0796. The lowest BCUT2D eigenvalue weighted by molar-refractivity contribution is -0.119. The van der Waals surface area contributed by atoms with Crippen LogP contribution in [0.2, 0.25) is 0 Å². The van der Waals surface area contributed by atoms with Gasteiger partial charge in [0.05, 0.1) is 12.9 Å². The van der Waals surface area contributed by atoms with Crippen molar-refractivity contribution in [2.45, 2.75) is 30.6 Å². The molecule has 3 aliphatic heterocycles. The lowest BCUT2D eigenvalue weighted by Crippen LogP contribution is -2.53. The second-order valence-corrected chi connectivity index (χ2v) is 7.88. The number of hydrogen-bond acceptors (Lipinski definition) is 9. The Morgan fingerprint density at radius 1 is 1.46 bits per heavy atom. The average Bonchev–Trinajstić information content (AvgIpc) is 3.00. The van der Waals surface area contributed by atoms with E-state index in [4.69, 9.17) is 19.9 Å². The molecule has 12 nitrogen and oxygen atoms in total. The maximum atomic E-state index is 11.8. The molecule has 2 unspecified atom stereocenters. The molecule has 0 saturated carbocycles. The summed E-state index contributed by atoms with van der Waals surface area (Å²) in [6.45, 7) is -4.38. The summed E-state index contributed by atoms with van der Waals surface area (Å²) in [7, 11) is 0. The van der Waals surface area contributed by atoms with Crippen LogP contribution < -0.4 is 5.32 Å². The Labute approximate surface area is 140 Å². The molecule has 0 aromatic carbocycles. The van der Waals surface area contributed by atoms with Crippen molar-refractivity contribution in [1.29, 1.82) is 5.41 Å². The van der Waals surface area contributed by atoms with E-state index in [1.165, 1.54) is 11.2 Å². The molecule has 1 amide bonds. The number of aliphatic imine (C=N–C) groups is 2. The SMILES string of the molecule is N=C1N=C2C(N=CN2[C@@H]2O[C@H](COP(O)(O)=S)[C@H](O)C2O)C(=O)N1. The molecule has 0 radical (unpaired) electrons. The van der Waals surface area contributed by atoms with Crippen molar-refractivity contribution >= 4 is 42.6 Å². The van der Waals surface area contributed by atoms with Crippen LogP contribution in [-0.4, -0.2) is 86.1 Å². The van der Waals surface area contributed by atoms with E-state index in [0.29, 0.717) is 0 Å². The Kier molecular flexibility index (Phi) is 4.53. The van der Waals surface area contributed by atoms with E-state index in [1.807, 2.05) is 0 Å². The van der Waals surface area contributed by atoms with Gasteiger partial charge in [-0.25, -0.2) is 0 Å². The zero-order chi connectivity index (χ0) is 17.6. The van der Waals surface area contributed by atoms with E-state index in [1.54, 1.807) is 0 Å². The second kappa shape index (κ2) is 6.20. The topological polar surface area (TPSA) is 180 Å². The summed E-state index contributed by atoms with van der Waals surface area (Å²) >= 11 is 4.31. The van der Waals surface area contributed by atoms with Crippen LogP contribution in [0.4, 0.5) is 0 Å². The molecule has 0 aromatic rings. The first-order valence-corrected chi connectivity index (χ1v) is 9.31. The third-order valence-electron chi connectivity index (χ3n) is 3.58. The summed E-state index contributed by atoms with van der Waals surface area (Å²) in [5, 5.41) is 29.8. The molecule has 132 valence electrons. The quantitative estimate of drug-likeness (QED) is 0.275. The van der Waals surface area contributed by atoms with Gasteiger partial charge in [0.25, 0.3) is 5.91 Å². The first-order valence-electron chi connectivity index (χ1n) is 6.68. The standard InChI is InChI=1S/C10H14N5O7PS/c11-10-13-7-4(8(18)14-10)12-2-15(7)9-6(17)5(16)3(22-9)1-21-23(19,20)24/h2-6,9,16-17H,1H2,(H2,11,14,18)(H2,19,20,24)/t3-,4?,5+,6?,9-/m1/s1.